The van der Waals surface area contributed by atoms with Crippen LogP contribution in [0, 0.1) is 5.95 Å². The fourth-order valence-corrected chi connectivity index (χ4v) is 1.75. The minimum atomic E-state index is -0.440. The molecule has 1 aliphatic rings. The first-order chi connectivity index (χ1) is 7.34. The molecule has 0 spiro atoms. The third-order valence-corrected chi connectivity index (χ3v) is 2.55. The number of hydrogen-bond acceptors (Lipinski definition) is 3. The summed E-state index contributed by atoms with van der Waals surface area (Å²) < 4.78 is 17.9. The van der Waals surface area contributed by atoms with Gasteiger partial charge in [0.25, 0.3) is 0 Å². The molecule has 0 saturated carbocycles. The van der Waals surface area contributed by atoms with Gasteiger partial charge in [-0.2, -0.15) is 4.39 Å². The average molecular weight is 210 g/mol. The average Bonchev–Trinajstić information content (AvgIpc) is 2.50. The number of ether oxygens (including phenoxy) is 1. The van der Waals surface area contributed by atoms with Gasteiger partial charge in [-0.3, -0.25) is 0 Å². The Labute approximate surface area is 88.7 Å². The fourth-order valence-electron chi connectivity index (χ4n) is 1.75. The van der Waals surface area contributed by atoms with Crippen LogP contribution in [-0.4, -0.2) is 24.2 Å². The number of nitrogens with zero attached hydrogens (tertiary/aromatic N) is 1. The number of nitrogens with one attached hydrogen (secondary N) is 1. The van der Waals surface area contributed by atoms with Gasteiger partial charge in [0, 0.05) is 19.3 Å². The standard InChI is InChI=1S/C11H15FN2O/c12-11-4-3-10(8-13-11)14-9-2-1-6-15-7-5-9/h3-4,8-9,14H,1-2,5-7H2. The van der Waals surface area contributed by atoms with Crippen LogP contribution < -0.4 is 5.32 Å². The van der Waals surface area contributed by atoms with E-state index in [-0.39, 0.29) is 0 Å². The predicted octanol–water partition coefficient (Wildman–Crippen LogP) is 2.20. The van der Waals surface area contributed by atoms with E-state index < -0.39 is 5.95 Å². The van der Waals surface area contributed by atoms with Crippen molar-refractivity contribution in [2.75, 3.05) is 18.5 Å². The molecule has 15 heavy (non-hydrogen) atoms. The zero-order valence-electron chi connectivity index (χ0n) is 8.58. The van der Waals surface area contributed by atoms with Crippen LogP contribution in [-0.2, 0) is 4.74 Å². The minimum absolute atomic E-state index is 0.416. The molecule has 1 atom stereocenters. The maximum absolute atomic E-state index is 12.6. The second-order valence-corrected chi connectivity index (χ2v) is 3.75. The lowest BCUT2D eigenvalue weighted by atomic mass is 10.1. The topological polar surface area (TPSA) is 34.1 Å². The van der Waals surface area contributed by atoms with E-state index in [0.29, 0.717) is 6.04 Å². The van der Waals surface area contributed by atoms with Crippen LogP contribution >= 0.6 is 0 Å². The molecule has 4 heteroatoms. The Balaban J connectivity index is 1.92. The van der Waals surface area contributed by atoms with Crippen molar-refractivity contribution in [2.24, 2.45) is 0 Å². The number of pyridine rings is 1. The van der Waals surface area contributed by atoms with Gasteiger partial charge < -0.3 is 10.1 Å². The molecule has 1 aromatic rings. The predicted molar refractivity (Wildman–Crippen MR) is 56.3 cm³/mol. The maximum Gasteiger partial charge on any atom is 0.212 e. The van der Waals surface area contributed by atoms with Gasteiger partial charge >= 0.3 is 0 Å². The van der Waals surface area contributed by atoms with Crippen LogP contribution in [0.2, 0.25) is 0 Å². The van der Waals surface area contributed by atoms with Gasteiger partial charge in [0.15, 0.2) is 0 Å². The van der Waals surface area contributed by atoms with Crippen LogP contribution in [0.4, 0.5) is 10.1 Å². The molecule has 1 aromatic heterocycles. The Hall–Kier alpha value is -1.16. The monoisotopic (exact) mass is 210 g/mol. The summed E-state index contributed by atoms with van der Waals surface area (Å²) in [6.45, 7) is 1.64. The molecule has 3 nitrogen and oxygen atoms in total. The van der Waals surface area contributed by atoms with Crippen molar-refractivity contribution in [2.45, 2.75) is 25.3 Å². The second kappa shape index (κ2) is 5.07. The molecule has 0 bridgehead atoms. The molecule has 0 aromatic carbocycles. The first kappa shape index (κ1) is 10.4. The highest BCUT2D eigenvalue weighted by molar-refractivity contribution is 5.40. The molecular weight excluding hydrogens is 195 g/mol. The van der Waals surface area contributed by atoms with Gasteiger partial charge in [-0.1, -0.05) is 0 Å². The van der Waals surface area contributed by atoms with Gasteiger partial charge in [-0.15, -0.1) is 0 Å². The Kier molecular flexibility index (Phi) is 3.50. The largest absolute Gasteiger partial charge is 0.381 e. The highest BCUT2D eigenvalue weighted by atomic mass is 19.1. The van der Waals surface area contributed by atoms with Gasteiger partial charge in [0.1, 0.15) is 0 Å². The van der Waals surface area contributed by atoms with Gasteiger partial charge in [-0.05, 0) is 31.4 Å². The van der Waals surface area contributed by atoms with Gasteiger partial charge in [0.05, 0.1) is 11.9 Å². The molecule has 1 fully saturated rings. The third-order valence-electron chi connectivity index (χ3n) is 2.55. The lowest BCUT2D eigenvalue weighted by Gasteiger charge is -2.16. The van der Waals surface area contributed by atoms with Crippen molar-refractivity contribution in [1.29, 1.82) is 0 Å². The van der Waals surface area contributed by atoms with E-state index in [1.54, 1.807) is 6.07 Å². The molecule has 1 N–H and O–H groups in total. The molecule has 1 aliphatic heterocycles. The molecule has 1 unspecified atom stereocenters. The lowest BCUT2D eigenvalue weighted by Crippen LogP contribution is -2.19. The summed E-state index contributed by atoms with van der Waals surface area (Å²) in [5.74, 6) is -0.440. The van der Waals surface area contributed by atoms with Crippen LogP contribution in [0.1, 0.15) is 19.3 Å². The second-order valence-electron chi connectivity index (χ2n) is 3.75. The van der Waals surface area contributed by atoms with Crippen LogP contribution in [0.25, 0.3) is 0 Å². The van der Waals surface area contributed by atoms with E-state index in [0.717, 1.165) is 38.2 Å². The van der Waals surface area contributed by atoms with Crippen molar-refractivity contribution >= 4 is 5.69 Å². The van der Waals surface area contributed by atoms with Crippen LogP contribution in [0.15, 0.2) is 18.3 Å². The third kappa shape index (κ3) is 3.16. The highest BCUT2D eigenvalue weighted by Crippen LogP contribution is 2.14. The number of halogens is 1. The normalized spacial score (nSPS) is 22.1. The Morgan fingerprint density at radius 2 is 2.27 bits per heavy atom. The number of aromatic nitrogens is 1. The highest BCUT2D eigenvalue weighted by Gasteiger charge is 2.11. The van der Waals surface area contributed by atoms with E-state index in [4.69, 9.17) is 4.74 Å². The Bertz CT molecular complexity index is 294. The molecule has 0 radical (unpaired) electrons. The number of rotatable bonds is 2. The number of anilines is 1. The van der Waals surface area contributed by atoms with Crippen molar-refractivity contribution in [3.05, 3.63) is 24.3 Å². The summed E-state index contributed by atoms with van der Waals surface area (Å²) in [5, 5.41) is 3.34. The quantitative estimate of drug-likeness (QED) is 0.760. The minimum Gasteiger partial charge on any atom is -0.381 e. The summed E-state index contributed by atoms with van der Waals surface area (Å²) in [6.07, 6.45) is 4.70. The SMILES string of the molecule is Fc1ccc(NC2CCCOCC2)cn1. The smallest absolute Gasteiger partial charge is 0.212 e. The molecule has 1 saturated heterocycles. The summed E-state index contributed by atoms with van der Waals surface area (Å²) in [4.78, 5) is 3.61. The summed E-state index contributed by atoms with van der Waals surface area (Å²) >= 11 is 0. The molecule has 0 aliphatic carbocycles. The lowest BCUT2D eigenvalue weighted by molar-refractivity contribution is 0.144. The molecule has 82 valence electrons. The molecule has 2 heterocycles. The van der Waals surface area contributed by atoms with Crippen LogP contribution in [0.3, 0.4) is 0 Å². The fraction of sp³-hybridized carbons (Fsp3) is 0.545. The van der Waals surface area contributed by atoms with Crippen molar-refractivity contribution in [1.82, 2.24) is 4.98 Å². The van der Waals surface area contributed by atoms with E-state index >= 15 is 0 Å². The zero-order chi connectivity index (χ0) is 10.5. The molecule has 0 amide bonds. The van der Waals surface area contributed by atoms with Crippen molar-refractivity contribution in [3.63, 3.8) is 0 Å². The van der Waals surface area contributed by atoms with Crippen molar-refractivity contribution < 1.29 is 9.13 Å². The summed E-state index contributed by atoms with van der Waals surface area (Å²) in [7, 11) is 0. The summed E-state index contributed by atoms with van der Waals surface area (Å²) in [6, 6.07) is 3.50. The zero-order valence-corrected chi connectivity index (χ0v) is 8.58. The Morgan fingerprint density at radius 1 is 1.33 bits per heavy atom. The van der Waals surface area contributed by atoms with Crippen LogP contribution in [0.5, 0.6) is 0 Å². The molecular formula is C11H15FN2O. The van der Waals surface area contributed by atoms with Gasteiger partial charge in [-0.25, -0.2) is 4.98 Å². The van der Waals surface area contributed by atoms with E-state index in [9.17, 15) is 4.39 Å². The van der Waals surface area contributed by atoms with Crippen molar-refractivity contribution in [3.8, 4) is 0 Å². The first-order valence-corrected chi connectivity index (χ1v) is 5.30. The Morgan fingerprint density at radius 3 is 3.07 bits per heavy atom. The summed E-state index contributed by atoms with van der Waals surface area (Å²) in [5.41, 5.74) is 0.878. The van der Waals surface area contributed by atoms with E-state index in [1.165, 1.54) is 12.3 Å². The maximum atomic E-state index is 12.6. The van der Waals surface area contributed by atoms with E-state index in [2.05, 4.69) is 10.3 Å². The van der Waals surface area contributed by atoms with E-state index in [1.807, 2.05) is 0 Å². The molecule has 2 rings (SSSR count). The first-order valence-electron chi connectivity index (χ1n) is 5.30. The number of hydrogen-bond donors (Lipinski definition) is 1. The van der Waals surface area contributed by atoms with Gasteiger partial charge in [0.2, 0.25) is 5.95 Å².